The number of rotatable bonds is 8. The van der Waals surface area contributed by atoms with E-state index in [0.29, 0.717) is 5.56 Å². The van der Waals surface area contributed by atoms with Crippen molar-refractivity contribution in [2.24, 2.45) is 0 Å². The number of benzene rings is 1. The third-order valence-corrected chi connectivity index (χ3v) is 5.33. The molecule has 6 nitrogen and oxygen atoms in total. The highest BCUT2D eigenvalue weighted by atomic mass is 32.2. The van der Waals surface area contributed by atoms with Gasteiger partial charge in [-0.2, -0.15) is 0 Å². The van der Waals surface area contributed by atoms with Crippen molar-refractivity contribution < 1.29 is 8.42 Å². The number of nitrogens with one attached hydrogen (secondary N) is 1. The first kappa shape index (κ1) is 19.2. The van der Waals surface area contributed by atoms with Gasteiger partial charge in [0.1, 0.15) is 0 Å². The standard InChI is InChI=1S/C18H26N4O2S/c1-5-11-22(12-6-2)18-10-9-17(19-20-18)21-25(23,24)16-13-14(3)7-8-15(16)4/h7-10,13H,5-6,11-12H2,1-4H3,(H,19,21). The summed E-state index contributed by atoms with van der Waals surface area (Å²) in [6.45, 7) is 9.66. The van der Waals surface area contributed by atoms with Gasteiger partial charge < -0.3 is 4.90 Å². The predicted molar refractivity (Wildman–Crippen MR) is 102 cm³/mol. The van der Waals surface area contributed by atoms with Crippen LogP contribution in [0, 0.1) is 13.8 Å². The van der Waals surface area contributed by atoms with E-state index >= 15 is 0 Å². The summed E-state index contributed by atoms with van der Waals surface area (Å²) in [5, 5.41) is 8.23. The molecule has 1 aromatic carbocycles. The first-order valence-electron chi connectivity index (χ1n) is 8.56. The van der Waals surface area contributed by atoms with Crippen LogP contribution in [0.5, 0.6) is 0 Å². The lowest BCUT2D eigenvalue weighted by Gasteiger charge is -2.21. The fourth-order valence-corrected chi connectivity index (χ4v) is 3.95. The lowest BCUT2D eigenvalue weighted by Crippen LogP contribution is -2.26. The third kappa shape index (κ3) is 4.92. The van der Waals surface area contributed by atoms with Crippen molar-refractivity contribution in [3.05, 3.63) is 41.5 Å². The summed E-state index contributed by atoms with van der Waals surface area (Å²) >= 11 is 0. The van der Waals surface area contributed by atoms with Crippen molar-refractivity contribution in [2.75, 3.05) is 22.7 Å². The normalized spacial score (nSPS) is 11.4. The highest BCUT2D eigenvalue weighted by molar-refractivity contribution is 7.92. The van der Waals surface area contributed by atoms with Gasteiger partial charge in [-0.1, -0.05) is 26.0 Å². The Morgan fingerprint density at radius 3 is 2.24 bits per heavy atom. The third-order valence-electron chi connectivity index (χ3n) is 3.83. The molecule has 0 fully saturated rings. The van der Waals surface area contributed by atoms with Gasteiger partial charge in [0.2, 0.25) is 0 Å². The molecule has 0 aliphatic carbocycles. The Hall–Kier alpha value is -2.15. The minimum Gasteiger partial charge on any atom is -0.355 e. The maximum Gasteiger partial charge on any atom is 0.263 e. The quantitative estimate of drug-likeness (QED) is 0.777. The van der Waals surface area contributed by atoms with Gasteiger partial charge in [0.25, 0.3) is 10.0 Å². The van der Waals surface area contributed by atoms with Crippen molar-refractivity contribution in [1.82, 2.24) is 10.2 Å². The summed E-state index contributed by atoms with van der Waals surface area (Å²) in [4.78, 5) is 2.41. The Morgan fingerprint density at radius 2 is 1.68 bits per heavy atom. The lowest BCUT2D eigenvalue weighted by molar-refractivity contribution is 0.600. The molecule has 7 heteroatoms. The maximum absolute atomic E-state index is 12.6. The van der Waals surface area contributed by atoms with Gasteiger partial charge in [-0.05, 0) is 56.0 Å². The molecule has 0 amide bonds. The van der Waals surface area contributed by atoms with Gasteiger partial charge in [-0.3, -0.25) is 4.72 Å². The highest BCUT2D eigenvalue weighted by Gasteiger charge is 2.18. The van der Waals surface area contributed by atoms with Crippen LogP contribution in [0.2, 0.25) is 0 Å². The van der Waals surface area contributed by atoms with E-state index in [2.05, 4.69) is 33.7 Å². The monoisotopic (exact) mass is 362 g/mol. The molecule has 0 aliphatic heterocycles. The van der Waals surface area contributed by atoms with Crippen LogP contribution < -0.4 is 9.62 Å². The molecule has 2 aromatic rings. The molecule has 0 unspecified atom stereocenters. The number of aryl methyl sites for hydroxylation is 2. The fourth-order valence-electron chi connectivity index (χ4n) is 2.62. The van der Waals surface area contributed by atoms with Gasteiger partial charge in [0.15, 0.2) is 11.6 Å². The van der Waals surface area contributed by atoms with E-state index < -0.39 is 10.0 Å². The Bertz CT molecular complexity index is 798. The molecule has 25 heavy (non-hydrogen) atoms. The van der Waals surface area contributed by atoms with Crippen molar-refractivity contribution in [3.63, 3.8) is 0 Å². The zero-order valence-corrected chi connectivity index (χ0v) is 16.1. The minimum atomic E-state index is -3.69. The second-order valence-corrected chi connectivity index (χ2v) is 7.79. The topological polar surface area (TPSA) is 75.2 Å². The van der Waals surface area contributed by atoms with Gasteiger partial charge >= 0.3 is 0 Å². The summed E-state index contributed by atoms with van der Waals surface area (Å²) in [6, 6.07) is 8.80. The van der Waals surface area contributed by atoms with Gasteiger partial charge in [0.05, 0.1) is 4.90 Å². The fraction of sp³-hybridized carbons (Fsp3) is 0.444. The predicted octanol–water partition coefficient (Wildman–Crippen LogP) is 3.52. The van der Waals surface area contributed by atoms with E-state index in [1.54, 1.807) is 31.2 Å². The van der Waals surface area contributed by atoms with Gasteiger partial charge in [-0.25, -0.2) is 8.42 Å². The van der Waals surface area contributed by atoms with Crippen LogP contribution in [0.4, 0.5) is 11.6 Å². The molecule has 0 aliphatic rings. The van der Waals surface area contributed by atoms with E-state index in [-0.39, 0.29) is 10.7 Å². The average molecular weight is 362 g/mol. The smallest absolute Gasteiger partial charge is 0.263 e. The number of anilines is 2. The van der Waals surface area contributed by atoms with E-state index in [0.717, 1.165) is 37.3 Å². The maximum atomic E-state index is 12.6. The second kappa shape index (κ2) is 8.29. The van der Waals surface area contributed by atoms with Gasteiger partial charge in [-0.15, -0.1) is 10.2 Å². The molecule has 1 heterocycles. The molecular formula is C18H26N4O2S. The summed E-state index contributed by atoms with van der Waals surface area (Å²) < 4.78 is 27.7. The second-order valence-electron chi connectivity index (χ2n) is 6.14. The van der Waals surface area contributed by atoms with Crippen molar-refractivity contribution in [3.8, 4) is 0 Å². The van der Waals surface area contributed by atoms with Crippen molar-refractivity contribution in [2.45, 2.75) is 45.4 Å². The van der Waals surface area contributed by atoms with Gasteiger partial charge in [0, 0.05) is 13.1 Å². The van der Waals surface area contributed by atoms with E-state index in [9.17, 15) is 8.42 Å². The van der Waals surface area contributed by atoms with Crippen LogP contribution in [0.15, 0.2) is 35.2 Å². The first-order valence-corrected chi connectivity index (χ1v) is 10.0. The average Bonchev–Trinajstić information content (AvgIpc) is 2.57. The first-order chi connectivity index (χ1) is 11.9. The van der Waals surface area contributed by atoms with Crippen molar-refractivity contribution in [1.29, 1.82) is 0 Å². The molecule has 0 saturated heterocycles. The summed E-state index contributed by atoms with van der Waals surface area (Å²) in [5.74, 6) is 0.982. The molecule has 0 saturated carbocycles. The summed E-state index contributed by atoms with van der Waals surface area (Å²) in [7, 11) is -3.69. The van der Waals surface area contributed by atoms with Crippen LogP contribution in [-0.2, 0) is 10.0 Å². The SMILES string of the molecule is CCCN(CCC)c1ccc(NS(=O)(=O)c2cc(C)ccc2C)nn1. The lowest BCUT2D eigenvalue weighted by atomic mass is 10.2. The zero-order chi connectivity index (χ0) is 18.4. The van der Waals surface area contributed by atoms with Crippen LogP contribution in [0.3, 0.4) is 0 Å². The van der Waals surface area contributed by atoms with Crippen LogP contribution in [0.25, 0.3) is 0 Å². The number of nitrogens with zero attached hydrogens (tertiary/aromatic N) is 3. The van der Waals surface area contributed by atoms with Crippen LogP contribution >= 0.6 is 0 Å². The minimum absolute atomic E-state index is 0.220. The summed E-state index contributed by atoms with van der Waals surface area (Å²) in [5.41, 5.74) is 1.59. The molecule has 136 valence electrons. The molecule has 0 spiro atoms. The molecule has 1 N–H and O–H groups in total. The number of sulfonamides is 1. The molecular weight excluding hydrogens is 336 g/mol. The number of hydrogen-bond donors (Lipinski definition) is 1. The Balaban J connectivity index is 2.21. The molecule has 0 atom stereocenters. The number of hydrogen-bond acceptors (Lipinski definition) is 5. The molecule has 0 bridgehead atoms. The Kier molecular flexibility index (Phi) is 6.36. The van der Waals surface area contributed by atoms with Crippen molar-refractivity contribution >= 4 is 21.7 Å². The Labute approximate surface area is 150 Å². The van der Waals surface area contributed by atoms with E-state index in [4.69, 9.17) is 0 Å². The molecule has 0 radical (unpaired) electrons. The molecule has 2 rings (SSSR count). The van der Waals surface area contributed by atoms with E-state index in [1.165, 1.54) is 0 Å². The van der Waals surface area contributed by atoms with Crippen LogP contribution in [-0.4, -0.2) is 31.7 Å². The van der Waals surface area contributed by atoms with E-state index in [1.807, 2.05) is 13.0 Å². The number of aromatic nitrogens is 2. The van der Waals surface area contributed by atoms with Crippen LogP contribution in [0.1, 0.15) is 37.8 Å². The zero-order valence-electron chi connectivity index (χ0n) is 15.3. The Morgan fingerprint density at radius 1 is 1.00 bits per heavy atom. The largest absolute Gasteiger partial charge is 0.355 e. The summed E-state index contributed by atoms with van der Waals surface area (Å²) in [6.07, 6.45) is 2.03. The molecule has 1 aromatic heterocycles. The highest BCUT2D eigenvalue weighted by Crippen LogP contribution is 2.20.